The molecule has 0 aliphatic carbocycles. The van der Waals surface area contributed by atoms with Crippen molar-refractivity contribution in [1.29, 1.82) is 0 Å². The van der Waals surface area contributed by atoms with Gasteiger partial charge in [-0.15, -0.1) is 0 Å². The minimum absolute atomic E-state index is 0.116. The van der Waals surface area contributed by atoms with Crippen LogP contribution in [0.5, 0.6) is 11.5 Å². The van der Waals surface area contributed by atoms with Crippen LogP contribution in [0.15, 0.2) is 12.1 Å². The zero-order valence-electron chi connectivity index (χ0n) is 14.9. The molecule has 7 heteroatoms. The highest BCUT2D eigenvalue weighted by Gasteiger charge is 2.19. The standard InChI is InChI=1S/C17H25NO6/c1-6-23-16(19)11-18(3)10-12-8-14(21-4)15(22-5)9-13(12)17(20)24-7-2/h8-9H,6-7,10-11H2,1-5H3. The number of nitrogens with zero attached hydrogens (tertiary/aromatic N) is 1. The van der Waals surface area contributed by atoms with Crippen LogP contribution in [0.25, 0.3) is 0 Å². The molecule has 1 aromatic carbocycles. The summed E-state index contributed by atoms with van der Waals surface area (Å²) in [6.07, 6.45) is 0. The lowest BCUT2D eigenvalue weighted by atomic mass is 10.1. The molecule has 1 aromatic rings. The Labute approximate surface area is 142 Å². The summed E-state index contributed by atoms with van der Waals surface area (Å²) < 4.78 is 20.6. The first-order valence-corrected chi connectivity index (χ1v) is 7.72. The van der Waals surface area contributed by atoms with Crippen molar-refractivity contribution in [2.24, 2.45) is 0 Å². The first-order chi connectivity index (χ1) is 11.5. The van der Waals surface area contributed by atoms with Gasteiger partial charge in [-0.25, -0.2) is 4.79 Å². The van der Waals surface area contributed by atoms with Crippen LogP contribution in [0.2, 0.25) is 0 Å². The van der Waals surface area contributed by atoms with E-state index in [0.29, 0.717) is 35.8 Å². The van der Waals surface area contributed by atoms with Crippen LogP contribution in [0.1, 0.15) is 29.8 Å². The molecule has 0 spiro atoms. The summed E-state index contributed by atoms with van der Waals surface area (Å²) in [6, 6.07) is 3.30. The van der Waals surface area contributed by atoms with Gasteiger partial charge in [0.05, 0.1) is 39.5 Å². The van der Waals surface area contributed by atoms with Gasteiger partial charge in [-0.2, -0.15) is 0 Å². The van der Waals surface area contributed by atoms with E-state index in [2.05, 4.69) is 0 Å². The summed E-state index contributed by atoms with van der Waals surface area (Å²) in [4.78, 5) is 25.6. The Morgan fingerprint density at radius 1 is 1.00 bits per heavy atom. The first kappa shape index (κ1) is 19.8. The lowest BCUT2D eigenvalue weighted by molar-refractivity contribution is -0.144. The van der Waals surface area contributed by atoms with Crippen LogP contribution in [-0.2, 0) is 20.8 Å². The Morgan fingerprint density at radius 2 is 1.58 bits per heavy atom. The monoisotopic (exact) mass is 339 g/mol. The summed E-state index contributed by atoms with van der Waals surface area (Å²) in [7, 11) is 4.79. The lowest BCUT2D eigenvalue weighted by Gasteiger charge is -2.19. The molecule has 24 heavy (non-hydrogen) atoms. The van der Waals surface area contributed by atoms with E-state index in [1.165, 1.54) is 14.2 Å². The Balaban J connectivity index is 3.09. The zero-order chi connectivity index (χ0) is 18.1. The van der Waals surface area contributed by atoms with Crippen LogP contribution >= 0.6 is 0 Å². The second-order valence-electron chi connectivity index (χ2n) is 5.06. The minimum atomic E-state index is -0.446. The van der Waals surface area contributed by atoms with E-state index in [1.807, 2.05) is 0 Å². The van der Waals surface area contributed by atoms with E-state index in [-0.39, 0.29) is 19.1 Å². The largest absolute Gasteiger partial charge is 0.493 e. The van der Waals surface area contributed by atoms with Crippen LogP contribution in [0, 0.1) is 0 Å². The Kier molecular flexibility index (Phi) is 8.05. The predicted octanol–water partition coefficient (Wildman–Crippen LogP) is 1.88. The van der Waals surface area contributed by atoms with Crippen molar-refractivity contribution in [2.45, 2.75) is 20.4 Å². The molecule has 0 unspecified atom stereocenters. The smallest absolute Gasteiger partial charge is 0.338 e. The third-order valence-corrected chi connectivity index (χ3v) is 3.25. The zero-order valence-corrected chi connectivity index (χ0v) is 14.9. The third kappa shape index (κ3) is 5.42. The molecule has 7 nitrogen and oxygen atoms in total. The molecule has 0 bridgehead atoms. The molecule has 0 aliphatic heterocycles. The fourth-order valence-electron chi connectivity index (χ4n) is 2.22. The van der Waals surface area contributed by atoms with Crippen LogP contribution < -0.4 is 9.47 Å². The molecular weight excluding hydrogens is 314 g/mol. The highest BCUT2D eigenvalue weighted by molar-refractivity contribution is 5.92. The number of esters is 2. The molecule has 134 valence electrons. The molecule has 0 heterocycles. The first-order valence-electron chi connectivity index (χ1n) is 7.72. The molecule has 0 aliphatic rings. The van der Waals surface area contributed by atoms with Gasteiger partial charge in [0.2, 0.25) is 0 Å². The number of likely N-dealkylation sites (N-methyl/N-ethyl adjacent to an activating group) is 1. The fourth-order valence-corrected chi connectivity index (χ4v) is 2.22. The topological polar surface area (TPSA) is 74.3 Å². The average molecular weight is 339 g/mol. The molecule has 0 amide bonds. The fraction of sp³-hybridized carbons (Fsp3) is 0.529. The van der Waals surface area contributed by atoms with Gasteiger partial charge in [0.1, 0.15) is 0 Å². The molecular formula is C17H25NO6. The molecule has 0 aromatic heterocycles. The van der Waals surface area contributed by atoms with Crippen LogP contribution in [0.3, 0.4) is 0 Å². The van der Waals surface area contributed by atoms with Gasteiger partial charge >= 0.3 is 11.9 Å². The van der Waals surface area contributed by atoms with Crippen molar-refractivity contribution in [1.82, 2.24) is 4.90 Å². The number of carbonyl (C=O) groups is 2. The van der Waals surface area contributed by atoms with Crippen molar-refractivity contribution >= 4 is 11.9 Å². The van der Waals surface area contributed by atoms with Crippen LogP contribution in [-0.4, -0.2) is 57.9 Å². The normalized spacial score (nSPS) is 10.4. The number of hydrogen-bond donors (Lipinski definition) is 0. The molecule has 0 fully saturated rings. The van der Waals surface area contributed by atoms with Crippen molar-refractivity contribution < 1.29 is 28.5 Å². The Hall–Kier alpha value is -2.28. The highest BCUT2D eigenvalue weighted by atomic mass is 16.5. The molecule has 1 rings (SSSR count). The number of ether oxygens (including phenoxy) is 4. The van der Waals surface area contributed by atoms with Crippen LogP contribution in [0.4, 0.5) is 0 Å². The second-order valence-corrected chi connectivity index (χ2v) is 5.06. The predicted molar refractivity (Wildman–Crippen MR) is 88.5 cm³/mol. The van der Waals surface area contributed by atoms with E-state index in [0.717, 1.165) is 0 Å². The third-order valence-electron chi connectivity index (χ3n) is 3.25. The molecule has 0 saturated heterocycles. The van der Waals surface area contributed by atoms with Crippen molar-refractivity contribution in [3.05, 3.63) is 23.3 Å². The van der Waals surface area contributed by atoms with Gasteiger partial charge < -0.3 is 18.9 Å². The highest BCUT2D eigenvalue weighted by Crippen LogP contribution is 2.31. The van der Waals surface area contributed by atoms with E-state index < -0.39 is 5.97 Å². The van der Waals surface area contributed by atoms with Gasteiger partial charge in [-0.1, -0.05) is 0 Å². The molecule has 0 saturated carbocycles. The summed E-state index contributed by atoms with van der Waals surface area (Å²) in [6.45, 7) is 4.57. The maximum Gasteiger partial charge on any atom is 0.338 e. The Bertz CT molecular complexity index is 572. The minimum Gasteiger partial charge on any atom is -0.493 e. The number of hydrogen-bond acceptors (Lipinski definition) is 7. The van der Waals surface area contributed by atoms with Gasteiger partial charge in [-0.3, -0.25) is 9.69 Å². The lowest BCUT2D eigenvalue weighted by Crippen LogP contribution is -2.28. The number of benzene rings is 1. The van der Waals surface area contributed by atoms with E-state index >= 15 is 0 Å². The van der Waals surface area contributed by atoms with Gasteiger partial charge in [0, 0.05) is 6.54 Å². The maximum absolute atomic E-state index is 12.2. The Morgan fingerprint density at radius 3 is 2.12 bits per heavy atom. The summed E-state index contributed by atoms with van der Waals surface area (Å²) in [5, 5.41) is 0. The summed E-state index contributed by atoms with van der Waals surface area (Å²) in [5.41, 5.74) is 1.06. The SMILES string of the molecule is CCOC(=O)CN(C)Cc1cc(OC)c(OC)cc1C(=O)OCC. The van der Waals surface area contributed by atoms with Gasteiger partial charge in [-0.05, 0) is 38.6 Å². The second kappa shape index (κ2) is 9.77. The summed E-state index contributed by atoms with van der Waals surface area (Å²) in [5.74, 6) is 0.179. The van der Waals surface area contributed by atoms with Gasteiger partial charge in [0.25, 0.3) is 0 Å². The molecule has 0 N–H and O–H groups in total. The van der Waals surface area contributed by atoms with Crippen molar-refractivity contribution in [2.75, 3.05) is 41.0 Å². The number of rotatable bonds is 9. The van der Waals surface area contributed by atoms with E-state index in [1.54, 1.807) is 37.9 Å². The van der Waals surface area contributed by atoms with E-state index in [4.69, 9.17) is 18.9 Å². The van der Waals surface area contributed by atoms with Gasteiger partial charge in [0.15, 0.2) is 11.5 Å². The maximum atomic E-state index is 12.2. The molecule has 0 atom stereocenters. The van der Waals surface area contributed by atoms with Crippen molar-refractivity contribution in [3.63, 3.8) is 0 Å². The van der Waals surface area contributed by atoms with Crippen molar-refractivity contribution in [3.8, 4) is 11.5 Å². The number of carbonyl (C=O) groups excluding carboxylic acids is 2. The average Bonchev–Trinajstić information content (AvgIpc) is 2.54. The quantitative estimate of drug-likeness (QED) is 0.636. The summed E-state index contributed by atoms with van der Waals surface area (Å²) >= 11 is 0. The van der Waals surface area contributed by atoms with E-state index in [9.17, 15) is 9.59 Å². The molecule has 0 radical (unpaired) electrons. The number of methoxy groups -OCH3 is 2.